The van der Waals surface area contributed by atoms with Crippen LogP contribution in [0.25, 0.3) is 0 Å². The van der Waals surface area contributed by atoms with E-state index < -0.39 is 0 Å². The molecule has 0 spiro atoms. The average molecular weight is 283 g/mol. The summed E-state index contributed by atoms with van der Waals surface area (Å²) in [5.74, 6) is 0.203. The standard InChI is InChI=1S/C18H23N2O/c1-3-20(15-17-7-5-4-6-8-17)18(21)11-14-19-12-9-16(2)10-13-19/h4-10,12-13H,3,11,14-15H2,1-2H3/q+1. The number of amides is 1. The summed E-state index contributed by atoms with van der Waals surface area (Å²) in [6.07, 6.45) is 4.58. The fraction of sp³-hybridized carbons (Fsp3) is 0.333. The average Bonchev–Trinajstić information content (AvgIpc) is 2.52. The molecule has 1 amide bonds. The van der Waals surface area contributed by atoms with Gasteiger partial charge in [-0.15, -0.1) is 0 Å². The first-order valence-corrected chi connectivity index (χ1v) is 7.46. The number of hydrogen-bond acceptors (Lipinski definition) is 1. The van der Waals surface area contributed by atoms with Crippen LogP contribution in [0.5, 0.6) is 0 Å². The fourth-order valence-corrected chi connectivity index (χ4v) is 2.24. The van der Waals surface area contributed by atoms with E-state index in [9.17, 15) is 4.79 Å². The summed E-state index contributed by atoms with van der Waals surface area (Å²) in [5, 5.41) is 0. The number of pyridine rings is 1. The van der Waals surface area contributed by atoms with E-state index >= 15 is 0 Å². The van der Waals surface area contributed by atoms with Crippen LogP contribution in [0.15, 0.2) is 54.9 Å². The molecule has 0 radical (unpaired) electrons. The molecule has 1 aromatic heterocycles. The monoisotopic (exact) mass is 283 g/mol. The predicted molar refractivity (Wildman–Crippen MR) is 83.5 cm³/mol. The van der Waals surface area contributed by atoms with Crippen molar-refractivity contribution in [2.24, 2.45) is 0 Å². The van der Waals surface area contributed by atoms with E-state index in [0.29, 0.717) is 13.0 Å². The van der Waals surface area contributed by atoms with Gasteiger partial charge in [-0.3, -0.25) is 4.79 Å². The van der Waals surface area contributed by atoms with Crippen molar-refractivity contribution in [1.29, 1.82) is 0 Å². The van der Waals surface area contributed by atoms with Gasteiger partial charge in [-0.25, -0.2) is 4.57 Å². The second kappa shape index (κ2) is 7.58. The molecule has 1 aromatic carbocycles. The van der Waals surface area contributed by atoms with Crippen LogP contribution in [0, 0.1) is 6.92 Å². The minimum Gasteiger partial charge on any atom is -0.338 e. The molecule has 0 aliphatic heterocycles. The van der Waals surface area contributed by atoms with Crippen LogP contribution in [0.3, 0.4) is 0 Å². The van der Waals surface area contributed by atoms with Crippen LogP contribution in [-0.2, 0) is 17.9 Å². The number of benzene rings is 1. The lowest BCUT2D eigenvalue weighted by molar-refractivity contribution is -0.696. The summed E-state index contributed by atoms with van der Waals surface area (Å²) >= 11 is 0. The molecular formula is C18H23N2O+. The lowest BCUT2D eigenvalue weighted by Crippen LogP contribution is -2.38. The van der Waals surface area contributed by atoms with Gasteiger partial charge in [0.1, 0.15) is 0 Å². The molecule has 0 bridgehead atoms. The van der Waals surface area contributed by atoms with Gasteiger partial charge in [-0.05, 0) is 25.0 Å². The highest BCUT2D eigenvalue weighted by Crippen LogP contribution is 2.06. The maximum Gasteiger partial charge on any atom is 0.229 e. The fourth-order valence-electron chi connectivity index (χ4n) is 2.24. The highest BCUT2D eigenvalue weighted by atomic mass is 16.2. The lowest BCUT2D eigenvalue weighted by Gasteiger charge is -2.20. The van der Waals surface area contributed by atoms with Gasteiger partial charge >= 0.3 is 0 Å². The van der Waals surface area contributed by atoms with E-state index in [0.717, 1.165) is 13.1 Å². The van der Waals surface area contributed by atoms with Crippen molar-refractivity contribution in [3.63, 3.8) is 0 Å². The number of carbonyl (C=O) groups is 1. The molecule has 0 unspecified atom stereocenters. The topological polar surface area (TPSA) is 24.2 Å². The van der Waals surface area contributed by atoms with Gasteiger partial charge in [0.05, 0.1) is 6.42 Å². The van der Waals surface area contributed by atoms with E-state index in [-0.39, 0.29) is 5.91 Å². The summed E-state index contributed by atoms with van der Waals surface area (Å²) < 4.78 is 2.06. The number of nitrogens with zero attached hydrogens (tertiary/aromatic N) is 2. The Labute approximate surface area is 126 Å². The van der Waals surface area contributed by atoms with E-state index in [2.05, 4.69) is 35.8 Å². The third kappa shape index (κ3) is 4.71. The highest BCUT2D eigenvalue weighted by Gasteiger charge is 2.14. The summed E-state index contributed by atoms with van der Waals surface area (Å²) in [4.78, 5) is 14.2. The minimum absolute atomic E-state index is 0.203. The van der Waals surface area contributed by atoms with Crippen LogP contribution in [-0.4, -0.2) is 17.4 Å². The Morgan fingerprint density at radius 2 is 1.76 bits per heavy atom. The van der Waals surface area contributed by atoms with E-state index in [4.69, 9.17) is 0 Å². The van der Waals surface area contributed by atoms with Crippen molar-refractivity contribution in [3.8, 4) is 0 Å². The van der Waals surface area contributed by atoms with E-state index in [1.165, 1.54) is 11.1 Å². The van der Waals surface area contributed by atoms with Gasteiger partial charge in [-0.2, -0.15) is 0 Å². The third-order valence-electron chi connectivity index (χ3n) is 3.59. The molecule has 0 saturated heterocycles. The van der Waals surface area contributed by atoms with Crippen LogP contribution >= 0.6 is 0 Å². The van der Waals surface area contributed by atoms with Crippen molar-refractivity contribution < 1.29 is 9.36 Å². The second-order valence-electron chi connectivity index (χ2n) is 5.26. The van der Waals surface area contributed by atoms with Crippen LogP contribution in [0.2, 0.25) is 0 Å². The van der Waals surface area contributed by atoms with E-state index in [1.54, 1.807) is 0 Å². The van der Waals surface area contributed by atoms with Crippen LogP contribution < -0.4 is 4.57 Å². The maximum absolute atomic E-state index is 12.3. The van der Waals surface area contributed by atoms with Crippen molar-refractivity contribution in [1.82, 2.24) is 4.90 Å². The molecule has 110 valence electrons. The Hall–Kier alpha value is -2.16. The summed E-state index contributed by atoms with van der Waals surface area (Å²) in [6.45, 7) is 6.25. The number of carbonyl (C=O) groups excluding carboxylic acids is 1. The molecule has 0 N–H and O–H groups in total. The van der Waals surface area contributed by atoms with Crippen LogP contribution in [0.1, 0.15) is 24.5 Å². The Morgan fingerprint density at radius 3 is 2.38 bits per heavy atom. The number of aryl methyl sites for hydroxylation is 2. The second-order valence-corrected chi connectivity index (χ2v) is 5.26. The molecule has 2 aromatic rings. The molecule has 0 atom stereocenters. The molecule has 3 heteroatoms. The van der Waals surface area contributed by atoms with Crippen molar-refractivity contribution in [3.05, 3.63) is 66.0 Å². The summed E-state index contributed by atoms with van der Waals surface area (Å²) in [7, 11) is 0. The SMILES string of the molecule is CCN(Cc1ccccc1)C(=O)CC[n+]1ccc(C)cc1. The first-order valence-electron chi connectivity index (χ1n) is 7.46. The highest BCUT2D eigenvalue weighted by molar-refractivity contribution is 5.75. The smallest absolute Gasteiger partial charge is 0.229 e. The number of aromatic nitrogens is 1. The van der Waals surface area contributed by atoms with Crippen molar-refractivity contribution in [2.45, 2.75) is 33.4 Å². The predicted octanol–water partition coefficient (Wildman–Crippen LogP) is 2.72. The molecule has 0 aliphatic rings. The summed E-state index contributed by atoms with van der Waals surface area (Å²) in [5.41, 5.74) is 2.41. The normalized spacial score (nSPS) is 10.4. The van der Waals surface area contributed by atoms with Gasteiger partial charge in [0.2, 0.25) is 5.91 Å². The molecule has 3 nitrogen and oxygen atoms in total. The first-order chi connectivity index (χ1) is 10.2. The zero-order valence-corrected chi connectivity index (χ0v) is 12.8. The zero-order valence-electron chi connectivity index (χ0n) is 12.8. The largest absolute Gasteiger partial charge is 0.338 e. The van der Waals surface area contributed by atoms with E-state index in [1.807, 2.05) is 42.4 Å². The lowest BCUT2D eigenvalue weighted by atomic mass is 10.2. The molecule has 1 heterocycles. The Morgan fingerprint density at radius 1 is 1.10 bits per heavy atom. The molecular weight excluding hydrogens is 260 g/mol. The first kappa shape index (κ1) is 15.2. The van der Waals surface area contributed by atoms with Gasteiger partial charge in [0, 0.05) is 25.2 Å². The Kier molecular flexibility index (Phi) is 5.50. The van der Waals surface area contributed by atoms with Gasteiger partial charge in [-0.1, -0.05) is 30.3 Å². The van der Waals surface area contributed by atoms with Gasteiger partial charge in [0.25, 0.3) is 0 Å². The Balaban J connectivity index is 1.89. The number of hydrogen-bond donors (Lipinski definition) is 0. The Bertz CT molecular complexity index is 564. The maximum atomic E-state index is 12.3. The molecule has 0 saturated carbocycles. The van der Waals surface area contributed by atoms with Gasteiger partial charge < -0.3 is 4.90 Å². The molecule has 21 heavy (non-hydrogen) atoms. The quantitative estimate of drug-likeness (QED) is 0.748. The molecule has 2 rings (SSSR count). The van der Waals surface area contributed by atoms with Crippen molar-refractivity contribution >= 4 is 5.91 Å². The summed E-state index contributed by atoms with van der Waals surface area (Å²) in [6, 6.07) is 14.3. The zero-order chi connectivity index (χ0) is 15.1. The van der Waals surface area contributed by atoms with Crippen molar-refractivity contribution in [2.75, 3.05) is 6.54 Å². The third-order valence-corrected chi connectivity index (χ3v) is 3.59. The molecule has 0 aliphatic carbocycles. The van der Waals surface area contributed by atoms with Crippen LogP contribution in [0.4, 0.5) is 0 Å². The minimum atomic E-state index is 0.203. The molecule has 0 fully saturated rings. The number of rotatable bonds is 6. The van der Waals surface area contributed by atoms with Gasteiger partial charge in [0.15, 0.2) is 18.9 Å².